The molecule has 0 unspecified atom stereocenters. The van der Waals surface area contributed by atoms with Crippen LogP contribution in [-0.2, 0) is 33.4 Å². The number of aryl methyl sites for hydroxylation is 1. The van der Waals surface area contributed by atoms with E-state index in [0.29, 0.717) is 38.4 Å². The molecule has 26 heavy (non-hydrogen) atoms. The molecule has 6 nitrogen and oxygen atoms in total. The summed E-state index contributed by atoms with van der Waals surface area (Å²) in [4.78, 5) is 17.4. The Morgan fingerprint density at radius 1 is 1.46 bits per heavy atom. The molecular weight excluding hydrogens is 351 g/mol. The summed E-state index contributed by atoms with van der Waals surface area (Å²) in [5.74, 6) is 0.433. The minimum atomic E-state index is -4.42. The highest BCUT2D eigenvalue weighted by molar-refractivity contribution is 5.77. The first-order chi connectivity index (χ1) is 12.3. The van der Waals surface area contributed by atoms with Crippen LogP contribution in [0.4, 0.5) is 13.2 Å². The van der Waals surface area contributed by atoms with Gasteiger partial charge in [-0.2, -0.15) is 13.2 Å². The third kappa shape index (κ3) is 4.76. The summed E-state index contributed by atoms with van der Waals surface area (Å²) in [6, 6.07) is 0. The Balaban J connectivity index is 1.45. The number of hydrogen-bond acceptors (Lipinski definition) is 4. The van der Waals surface area contributed by atoms with Gasteiger partial charge in [-0.3, -0.25) is 4.79 Å². The van der Waals surface area contributed by atoms with Crippen molar-refractivity contribution < 1.29 is 27.4 Å². The number of rotatable bonds is 6. The zero-order chi connectivity index (χ0) is 18.7. The molecule has 2 aliphatic heterocycles. The van der Waals surface area contributed by atoms with E-state index in [1.54, 1.807) is 16.5 Å². The molecule has 0 radical (unpaired) electrons. The van der Waals surface area contributed by atoms with Crippen LogP contribution in [0.1, 0.15) is 30.8 Å². The Bertz CT molecular complexity index is 627. The van der Waals surface area contributed by atoms with Gasteiger partial charge in [-0.15, -0.1) is 0 Å². The maximum absolute atomic E-state index is 12.8. The third-order valence-corrected chi connectivity index (χ3v) is 4.89. The number of hydrogen-bond donors (Lipinski definition) is 0. The molecule has 1 saturated heterocycles. The molecule has 1 aromatic heterocycles. The molecule has 9 heteroatoms. The van der Waals surface area contributed by atoms with Gasteiger partial charge in [0.05, 0.1) is 12.7 Å². The van der Waals surface area contributed by atoms with E-state index in [-0.39, 0.29) is 24.5 Å². The number of halogens is 3. The minimum absolute atomic E-state index is 0.00235. The Labute approximate surface area is 150 Å². The van der Waals surface area contributed by atoms with Gasteiger partial charge < -0.3 is 18.9 Å². The van der Waals surface area contributed by atoms with Crippen LogP contribution in [0.25, 0.3) is 0 Å². The van der Waals surface area contributed by atoms with E-state index >= 15 is 0 Å². The van der Waals surface area contributed by atoms with E-state index in [1.165, 1.54) is 0 Å². The Kier molecular flexibility index (Phi) is 5.86. The van der Waals surface area contributed by atoms with Crippen LogP contribution in [0.2, 0.25) is 0 Å². The molecule has 2 atom stereocenters. The number of carbonyl (C=O) groups is 1. The minimum Gasteiger partial charge on any atom is -0.376 e. The number of carbonyl (C=O) groups excluding carboxylic acids is 1. The van der Waals surface area contributed by atoms with Crippen molar-refractivity contribution in [3.05, 3.63) is 17.7 Å². The van der Waals surface area contributed by atoms with Crippen LogP contribution in [-0.4, -0.2) is 59.9 Å². The normalized spacial score (nSPS) is 23.1. The van der Waals surface area contributed by atoms with Crippen molar-refractivity contribution in [1.82, 2.24) is 14.5 Å². The largest absolute Gasteiger partial charge is 0.434 e. The zero-order valence-electron chi connectivity index (χ0n) is 14.8. The summed E-state index contributed by atoms with van der Waals surface area (Å²) in [6.07, 6.45) is -0.106. The molecule has 0 spiro atoms. The summed E-state index contributed by atoms with van der Waals surface area (Å²) in [5.41, 5.74) is -0.847. The monoisotopic (exact) mass is 375 g/mol. The number of ether oxygens (including phenoxy) is 2. The van der Waals surface area contributed by atoms with E-state index in [1.807, 2.05) is 0 Å². The average Bonchev–Trinajstić information content (AvgIpc) is 3.22. The third-order valence-electron chi connectivity index (χ3n) is 4.89. The Morgan fingerprint density at radius 2 is 2.27 bits per heavy atom. The van der Waals surface area contributed by atoms with Gasteiger partial charge >= 0.3 is 6.18 Å². The highest BCUT2D eigenvalue weighted by Crippen LogP contribution is 2.30. The lowest BCUT2D eigenvalue weighted by Gasteiger charge is -2.28. The van der Waals surface area contributed by atoms with E-state index in [4.69, 9.17) is 9.47 Å². The maximum Gasteiger partial charge on any atom is 0.434 e. The average molecular weight is 375 g/mol. The summed E-state index contributed by atoms with van der Waals surface area (Å²) >= 11 is 0. The van der Waals surface area contributed by atoms with Crippen molar-refractivity contribution in [2.45, 2.75) is 44.5 Å². The van der Waals surface area contributed by atoms with Crippen LogP contribution >= 0.6 is 0 Å². The van der Waals surface area contributed by atoms with Crippen LogP contribution < -0.4 is 0 Å². The van der Waals surface area contributed by atoms with E-state index < -0.39 is 11.9 Å². The van der Waals surface area contributed by atoms with E-state index in [2.05, 4.69) is 4.98 Å². The second-order valence-electron chi connectivity index (χ2n) is 7.02. The van der Waals surface area contributed by atoms with Gasteiger partial charge in [-0.1, -0.05) is 0 Å². The molecule has 0 saturated carbocycles. The molecule has 0 aromatic carbocycles. The lowest BCUT2D eigenvalue weighted by Crippen LogP contribution is -2.37. The number of aromatic nitrogens is 2. The van der Waals surface area contributed by atoms with Gasteiger partial charge in [0.1, 0.15) is 12.4 Å². The Morgan fingerprint density at radius 3 is 2.96 bits per heavy atom. The van der Waals surface area contributed by atoms with E-state index in [9.17, 15) is 18.0 Å². The van der Waals surface area contributed by atoms with Crippen molar-refractivity contribution >= 4 is 5.91 Å². The topological polar surface area (TPSA) is 56.6 Å². The molecule has 146 valence electrons. The number of alkyl halides is 3. The fourth-order valence-electron chi connectivity index (χ4n) is 3.45. The molecule has 3 heterocycles. The van der Waals surface area contributed by atoms with Crippen LogP contribution in [0, 0.1) is 5.92 Å². The second kappa shape index (κ2) is 7.96. The molecule has 1 amide bonds. The van der Waals surface area contributed by atoms with Gasteiger partial charge in [0, 0.05) is 39.4 Å². The van der Waals surface area contributed by atoms with Crippen molar-refractivity contribution in [2.24, 2.45) is 5.92 Å². The summed E-state index contributed by atoms with van der Waals surface area (Å²) < 4.78 is 50.7. The highest BCUT2D eigenvalue weighted by Gasteiger charge is 2.36. The quantitative estimate of drug-likeness (QED) is 0.764. The van der Waals surface area contributed by atoms with Gasteiger partial charge in [0.25, 0.3) is 0 Å². The molecule has 0 N–H and O–H groups in total. The van der Waals surface area contributed by atoms with Gasteiger partial charge in [0.15, 0.2) is 5.69 Å². The lowest BCUT2D eigenvalue weighted by molar-refractivity contribution is -0.141. The first-order valence-corrected chi connectivity index (χ1v) is 8.89. The number of likely N-dealkylation sites (N-methyl/N-ethyl adjacent to an activating group) is 1. The van der Waals surface area contributed by atoms with Crippen molar-refractivity contribution in [3.8, 4) is 0 Å². The van der Waals surface area contributed by atoms with Crippen molar-refractivity contribution in [1.29, 1.82) is 0 Å². The zero-order valence-corrected chi connectivity index (χ0v) is 14.8. The van der Waals surface area contributed by atoms with E-state index in [0.717, 1.165) is 25.6 Å². The molecule has 0 bridgehead atoms. The van der Waals surface area contributed by atoms with Gasteiger partial charge in [-0.25, -0.2) is 4.98 Å². The molecule has 1 aromatic rings. The second-order valence-corrected chi connectivity index (χ2v) is 7.02. The number of amides is 1. The maximum atomic E-state index is 12.8. The predicted octanol–water partition coefficient (Wildman–Crippen LogP) is 2.12. The summed E-state index contributed by atoms with van der Waals surface area (Å²) in [5, 5.41) is 0. The number of nitrogens with zero attached hydrogens (tertiary/aromatic N) is 3. The van der Waals surface area contributed by atoms with Crippen LogP contribution in [0.15, 0.2) is 6.20 Å². The molecular formula is C17H24F3N3O3. The fraction of sp³-hybridized carbons (Fsp3) is 0.765. The Hall–Kier alpha value is -1.61. The smallest absolute Gasteiger partial charge is 0.376 e. The first kappa shape index (κ1) is 19.2. The fourth-order valence-corrected chi connectivity index (χ4v) is 3.45. The van der Waals surface area contributed by atoms with Crippen LogP contribution in [0.5, 0.6) is 0 Å². The standard InChI is InChI=1S/C17H24F3N3O3/c1-22(16(24)11-25-10-13-3-2-6-26-13)7-12-4-5-15-21-14(17(18,19)20)9-23(15)8-12/h9,12-13H,2-8,10-11H2,1H3/t12-,13-/m1/s1. The highest BCUT2D eigenvalue weighted by atomic mass is 19.4. The molecule has 2 aliphatic rings. The molecule has 3 rings (SSSR count). The molecule has 0 aliphatic carbocycles. The van der Waals surface area contributed by atoms with Gasteiger partial charge in [0.2, 0.25) is 5.91 Å². The first-order valence-electron chi connectivity index (χ1n) is 8.89. The molecule has 1 fully saturated rings. The van der Waals surface area contributed by atoms with Crippen LogP contribution in [0.3, 0.4) is 0 Å². The SMILES string of the molecule is CN(C[C@H]1CCc2nc(C(F)(F)F)cn2C1)C(=O)COC[C@H]1CCCO1. The summed E-state index contributed by atoms with van der Waals surface area (Å²) in [7, 11) is 1.70. The van der Waals surface area contributed by atoms with Crippen molar-refractivity contribution in [2.75, 3.05) is 33.4 Å². The van der Waals surface area contributed by atoms with Gasteiger partial charge in [-0.05, 0) is 25.2 Å². The lowest BCUT2D eigenvalue weighted by atomic mass is 9.99. The predicted molar refractivity (Wildman–Crippen MR) is 86.5 cm³/mol. The van der Waals surface area contributed by atoms with Crippen molar-refractivity contribution in [3.63, 3.8) is 0 Å². The summed E-state index contributed by atoms with van der Waals surface area (Å²) in [6.45, 7) is 2.09. The number of imidazole rings is 1. The number of fused-ring (bicyclic) bond motifs is 1.